The smallest absolute Gasteiger partial charge is 0.217 e. The summed E-state index contributed by atoms with van der Waals surface area (Å²) in [6.45, 7) is 1.95. The largest absolute Gasteiger partial charge is 0.489 e. The van der Waals surface area contributed by atoms with E-state index in [0.717, 1.165) is 44.3 Å². The topological polar surface area (TPSA) is 64.3 Å². The molecule has 0 spiro atoms. The number of ether oxygens (including phenoxy) is 1. The van der Waals surface area contributed by atoms with Gasteiger partial charge in [0.05, 0.1) is 6.33 Å². The molecule has 0 heterocycles. The molecule has 1 amide bonds. The highest BCUT2D eigenvalue weighted by atomic mass is 19.1. The van der Waals surface area contributed by atoms with Crippen molar-refractivity contribution in [3.63, 3.8) is 0 Å². The van der Waals surface area contributed by atoms with E-state index in [1.165, 1.54) is 5.56 Å². The van der Waals surface area contributed by atoms with Crippen LogP contribution in [-0.4, -0.2) is 24.6 Å². The number of rotatable bonds is 6. The van der Waals surface area contributed by atoms with E-state index in [1.807, 2.05) is 12.1 Å². The molecule has 0 aromatic heterocycles. The van der Waals surface area contributed by atoms with Crippen LogP contribution in [0.15, 0.2) is 36.2 Å². The van der Waals surface area contributed by atoms with Crippen LogP contribution in [-0.2, 0) is 10.2 Å². The highest BCUT2D eigenvalue weighted by Gasteiger charge is 2.49. The van der Waals surface area contributed by atoms with Gasteiger partial charge in [0.1, 0.15) is 12.4 Å². The van der Waals surface area contributed by atoms with Gasteiger partial charge in [-0.3, -0.25) is 4.79 Å². The molecular weight excluding hydrogens is 319 g/mol. The molecule has 25 heavy (non-hydrogen) atoms. The van der Waals surface area contributed by atoms with Crippen LogP contribution in [0.5, 0.6) is 5.75 Å². The van der Waals surface area contributed by atoms with Crippen molar-refractivity contribution in [2.45, 2.75) is 56.4 Å². The van der Waals surface area contributed by atoms with Crippen molar-refractivity contribution in [1.29, 1.82) is 0 Å². The van der Waals surface area contributed by atoms with Gasteiger partial charge in [-0.1, -0.05) is 12.1 Å². The second-order valence-corrected chi connectivity index (χ2v) is 7.53. The number of fused-ring (bicyclic) bond motifs is 3. The van der Waals surface area contributed by atoms with Gasteiger partial charge in [-0.25, -0.2) is 4.39 Å². The van der Waals surface area contributed by atoms with Gasteiger partial charge in [0, 0.05) is 24.6 Å². The van der Waals surface area contributed by atoms with E-state index < -0.39 is 0 Å². The van der Waals surface area contributed by atoms with E-state index in [2.05, 4.69) is 17.4 Å². The van der Waals surface area contributed by atoms with Gasteiger partial charge in [-0.05, 0) is 61.6 Å². The molecule has 1 aromatic rings. The second kappa shape index (κ2) is 7.16. The van der Waals surface area contributed by atoms with Gasteiger partial charge in [0.15, 0.2) is 0 Å². The van der Waals surface area contributed by atoms with Crippen molar-refractivity contribution in [1.82, 2.24) is 5.32 Å². The minimum absolute atomic E-state index is 0.0218. The molecule has 3 saturated carbocycles. The van der Waals surface area contributed by atoms with E-state index in [0.29, 0.717) is 11.9 Å². The van der Waals surface area contributed by atoms with Crippen molar-refractivity contribution in [2.75, 3.05) is 13.2 Å². The van der Waals surface area contributed by atoms with Crippen LogP contribution < -0.4 is 15.8 Å². The summed E-state index contributed by atoms with van der Waals surface area (Å²) in [6.07, 6.45) is 6.98. The molecule has 0 aliphatic heterocycles. The molecule has 4 nitrogen and oxygen atoms in total. The average Bonchev–Trinajstić information content (AvgIpc) is 2.64. The lowest BCUT2D eigenvalue weighted by Gasteiger charge is -2.54. The first-order valence-electron chi connectivity index (χ1n) is 9.01. The maximum Gasteiger partial charge on any atom is 0.217 e. The molecule has 3 fully saturated rings. The Kier molecular flexibility index (Phi) is 5.13. The summed E-state index contributed by atoms with van der Waals surface area (Å²) in [5.41, 5.74) is 7.46. The first-order valence-corrected chi connectivity index (χ1v) is 9.01. The lowest BCUT2D eigenvalue weighted by atomic mass is 9.55. The number of amides is 1. The number of hydrogen-bond donors (Lipinski definition) is 2. The van der Waals surface area contributed by atoms with Crippen molar-refractivity contribution < 1.29 is 13.9 Å². The molecule has 3 aliphatic rings. The Morgan fingerprint density at radius 3 is 2.28 bits per heavy atom. The number of hydrogen-bond acceptors (Lipinski definition) is 3. The van der Waals surface area contributed by atoms with Gasteiger partial charge in [0.25, 0.3) is 0 Å². The summed E-state index contributed by atoms with van der Waals surface area (Å²) in [6, 6.07) is 8.18. The first-order chi connectivity index (χ1) is 12.0. The Hall–Kier alpha value is -1.88. The molecule has 2 bridgehead atoms. The lowest BCUT2D eigenvalue weighted by Crippen LogP contribution is -2.57. The zero-order chi connectivity index (χ0) is 17.9. The minimum Gasteiger partial charge on any atom is -0.489 e. The van der Waals surface area contributed by atoms with E-state index in [4.69, 9.17) is 10.5 Å². The van der Waals surface area contributed by atoms with E-state index in [9.17, 15) is 9.18 Å². The maximum absolute atomic E-state index is 12.5. The summed E-state index contributed by atoms with van der Waals surface area (Å²) >= 11 is 0. The number of carbonyl (C=O) groups excluding carboxylic acids is 1. The third-order valence-electron chi connectivity index (χ3n) is 5.99. The van der Waals surface area contributed by atoms with E-state index >= 15 is 0 Å². The van der Waals surface area contributed by atoms with Crippen molar-refractivity contribution in [3.8, 4) is 5.75 Å². The fourth-order valence-corrected chi connectivity index (χ4v) is 4.40. The van der Waals surface area contributed by atoms with Gasteiger partial charge >= 0.3 is 0 Å². The average molecular weight is 346 g/mol. The lowest BCUT2D eigenvalue weighted by molar-refractivity contribution is -0.122. The first kappa shape index (κ1) is 17.9. The fourth-order valence-electron chi connectivity index (χ4n) is 4.40. The maximum atomic E-state index is 12.5. The van der Waals surface area contributed by atoms with Gasteiger partial charge < -0.3 is 15.8 Å². The number of nitrogens with two attached hydrogens (primary N) is 1. The molecule has 0 unspecified atom stereocenters. The molecule has 1 aromatic carbocycles. The molecule has 0 atom stereocenters. The zero-order valence-corrected chi connectivity index (χ0v) is 14.8. The summed E-state index contributed by atoms with van der Waals surface area (Å²) in [7, 11) is 0. The van der Waals surface area contributed by atoms with Crippen molar-refractivity contribution >= 4 is 5.91 Å². The zero-order valence-electron chi connectivity index (χ0n) is 14.8. The molecule has 3 N–H and O–H groups in total. The summed E-state index contributed by atoms with van der Waals surface area (Å²) in [4.78, 5) is 11.5. The summed E-state index contributed by atoms with van der Waals surface area (Å²) in [5.74, 6) is 0.808. The van der Waals surface area contributed by atoms with Crippen LogP contribution in [0.3, 0.4) is 0 Å². The number of nitrogens with one attached hydrogen (secondary N) is 1. The molecule has 3 aliphatic carbocycles. The Morgan fingerprint density at radius 2 is 1.80 bits per heavy atom. The van der Waals surface area contributed by atoms with Crippen LogP contribution in [0.4, 0.5) is 4.39 Å². The monoisotopic (exact) mass is 346 g/mol. The second-order valence-electron chi connectivity index (χ2n) is 7.53. The number of halogens is 1. The third kappa shape index (κ3) is 3.71. The minimum atomic E-state index is 0.0218. The van der Waals surface area contributed by atoms with Crippen molar-refractivity contribution in [3.05, 3.63) is 41.7 Å². The Morgan fingerprint density at radius 1 is 1.20 bits per heavy atom. The van der Waals surface area contributed by atoms with E-state index in [-0.39, 0.29) is 30.0 Å². The van der Waals surface area contributed by atoms with Crippen LogP contribution in [0.1, 0.15) is 51.0 Å². The van der Waals surface area contributed by atoms with Crippen LogP contribution in [0.25, 0.3) is 0 Å². The molecule has 0 radical (unpaired) electrons. The summed E-state index contributed by atoms with van der Waals surface area (Å²) < 4.78 is 18.1. The summed E-state index contributed by atoms with van der Waals surface area (Å²) in [5, 5.41) is 3.19. The predicted octanol–water partition coefficient (Wildman–Crippen LogP) is 3.36. The number of carbonyl (C=O) groups is 1. The Bertz CT molecular complexity index is 630. The SMILES string of the molecule is CC(=O)NC12CCC(c3ccc(OC/C(=C/F)CN)cc3)(CC1)CC2. The Balaban J connectivity index is 1.65. The van der Waals surface area contributed by atoms with Gasteiger partial charge in [-0.15, -0.1) is 0 Å². The highest BCUT2D eigenvalue weighted by Crippen LogP contribution is 2.53. The molecule has 4 rings (SSSR count). The molecule has 0 saturated heterocycles. The number of benzene rings is 1. The highest BCUT2D eigenvalue weighted by molar-refractivity contribution is 5.74. The molecule has 5 heteroatoms. The normalized spacial score (nSPS) is 28.7. The predicted molar refractivity (Wildman–Crippen MR) is 96.1 cm³/mol. The van der Waals surface area contributed by atoms with Crippen LogP contribution in [0, 0.1) is 0 Å². The van der Waals surface area contributed by atoms with E-state index in [1.54, 1.807) is 6.92 Å². The fraction of sp³-hybridized carbons (Fsp3) is 0.550. The van der Waals surface area contributed by atoms with Crippen molar-refractivity contribution in [2.24, 2.45) is 5.73 Å². The quantitative estimate of drug-likeness (QED) is 0.830. The van der Waals surface area contributed by atoms with Gasteiger partial charge in [0.2, 0.25) is 5.91 Å². The van der Waals surface area contributed by atoms with Gasteiger partial charge in [-0.2, -0.15) is 0 Å². The standard InChI is InChI=1S/C20H27FN2O2/c1-15(24)23-20-9-6-19(7-10-20,8-11-20)17-2-4-18(5-3-17)25-14-16(12-21)13-22/h2-5,12H,6-11,13-14,22H2,1H3,(H,23,24)/b16-12+. The van der Waals surface area contributed by atoms with Crippen LogP contribution in [0.2, 0.25) is 0 Å². The van der Waals surface area contributed by atoms with Crippen LogP contribution >= 0.6 is 0 Å². The third-order valence-corrected chi connectivity index (χ3v) is 5.99. The molecule has 136 valence electrons. The molecular formula is C20H27FN2O2. The Labute approximate surface area is 148 Å².